The Morgan fingerprint density at radius 1 is 1.08 bits per heavy atom. The summed E-state index contributed by atoms with van der Waals surface area (Å²) >= 11 is 0. The highest BCUT2D eigenvalue weighted by Crippen LogP contribution is 2.21. The Morgan fingerprint density at radius 3 is 2.38 bits per heavy atom. The van der Waals surface area contributed by atoms with E-state index in [4.69, 9.17) is 0 Å². The van der Waals surface area contributed by atoms with Gasteiger partial charge in [0.1, 0.15) is 0 Å². The van der Waals surface area contributed by atoms with Gasteiger partial charge in [-0.1, -0.05) is 39.0 Å². The fraction of sp³-hybridized carbons (Fsp3) is 1.00. The molecule has 1 fully saturated rings. The molecule has 0 N–H and O–H groups in total. The molecule has 1 aliphatic carbocycles. The van der Waals surface area contributed by atoms with E-state index in [0.29, 0.717) is 0 Å². The standard InChI is InChI=1S/C12H25N/c1-3-4-8-11-13(2)12-9-6-5-7-10-12/h12H,3-11H2,1-2H3. The van der Waals surface area contributed by atoms with Gasteiger partial charge in [0.2, 0.25) is 0 Å². The second-order valence-electron chi connectivity index (χ2n) is 4.48. The summed E-state index contributed by atoms with van der Waals surface area (Å²) in [6.45, 7) is 3.60. The predicted octanol–water partition coefficient (Wildman–Crippen LogP) is 3.44. The van der Waals surface area contributed by atoms with Gasteiger partial charge in [0.25, 0.3) is 0 Å². The summed E-state index contributed by atoms with van der Waals surface area (Å²) in [6.07, 6.45) is 11.4. The van der Waals surface area contributed by atoms with Crippen LogP contribution < -0.4 is 0 Å². The van der Waals surface area contributed by atoms with Gasteiger partial charge in [-0.3, -0.25) is 0 Å². The van der Waals surface area contributed by atoms with Crippen molar-refractivity contribution < 1.29 is 0 Å². The van der Waals surface area contributed by atoms with Gasteiger partial charge in [-0.15, -0.1) is 0 Å². The molecule has 0 aromatic rings. The maximum atomic E-state index is 2.59. The van der Waals surface area contributed by atoms with Crippen molar-refractivity contribution in [3.63, 3.8) is 0 Å². The van der Waals surface area contributed by atoms with Crippen LogP contribution in [0.2, 0.25) is 0 Å². The summed E-state index contributed by atoms with van der Waals surface area (Å²) in [4.78, 5) is 2.59. The van der Waals surface area contributed by atoms with Crippen LogP contribution in [0, 0.1) is 0 Å². The van der Waals surface area contributed by atoms with E-state index in [2.05, 4.69) is 18.9 Å². The molecule has 0 amide bonds. The highest BCUT2D eigenvalue weighted by molar-refractivity contribution is 4.73. The lowest BCUT2D eigenvalue weighted by Crippen LogP contribution is -2.34. The molecule has 0 radical (unpaired) electrons. The fourth-order valence-corrected chi connectivity index (χ4v) is 2.32. The van der Waals surface area contributed by atoms with Crippen LogP contribution in [0.5, 0.6) is 0 Å². The maximum Gasteiger partial charge on any atom is 0.00922 e. The van der Waals surface area contributed by atoms with Crippen molar-refractivity contribution >= 4 is 0 Å². The molecule has 78 valence electrons. The lowest BCUT2D eigenvalue weighted by molar-refractivity contribution is 0.189. The first-order chi connectivity index (χ1) is 6.34. The van der Waals surface area contributed by atoms with Gasteiger partial charge < -0.3 is 4.90 Å². The van der Waals surface area contributed by atoms with Crippen LogP contribution in [0.25, 0.3) is 0 Å². The summed E-state index contributed by atoms with van der Waals surface area (Å²) in [5, 5.41) is 0. The summed E-state index contributed by atoms with van der Waals surface area (Å²) < 4.78 is 0. The Balaban J connectivity index is 2.09. The van der Waals surface area contributed by atoms with Crippen molar-refractivity contribution in [2.75, 3.05) is 13.6 Å². The van der Waals surface area contributed by atoms with Crippen LogP contribution in [0.15, 0.2) is 0 Å². The SMILES string of the molecule is CCCCCN(C)C1CCCCC1. The average Bonchev–Trinajstić information content (AvgIpc) is 2.19. The molecule has 13 heavy (non-hydrogen) atoms. The number of hydrogen-bond donors (Lipinski definition) is 0. The van der Waals surface area contributed by atoms with Crippen molar-refractivity contribution in [2.24, 2.45) is 0 Å². The molecule has 1 nitrogen and oxygen atoms in total. The topological polar surface area (TPSA) is 3.24 Å². The minimum absolute atomic E-state index is 0.908. The summed E-state index contributed by atoms with van der Waals surface area (Å²) in [6, 6.07) is 0.908. The van der Waals surface area contributed by atoms with E-state index in [-0.39, 0.29) is 0 Å². The van der Waals surface area contributed by atoms with Crippen LogP contribution in [0.1, 0.15) is 58.3 Å². The minimum Gasteiger partial charge on any atom is -0.303 e. The third-order valence-corrected chi connectivity index (χ3v) is 3.31. The summed E-state index contributed by atoms with van der Waals surface area (Å²) in [7, 11) is 2.31. The molecule has 0 bridgehead atoms. The zero-order valence-electron chi connectivity index (χ0n) is 9.39. The van der Waals surface area contributed by atoms with Gasteiger partial charge in [-0.25, -0.2) is 0 Å². The molecule has 0 aromatic carbocycles. The van der Waals surface area contributed by atoms with Crippen molar-refractivity contribution in [3.8, 4) is 0 Å². The largest absolute Gasteiger partial charge is 0.303 e. The monoisotopic (exact) mass is 183 g/mol. The van der Waals surface area contributed by atoms with Crippen LogP contribution in [-0.4, -0.2) is 24.5 Å². The minimum atomic E-state index is 0.908. The van der Waals surface area contributed by atoms with E-state index in [1.54, 1.807) is 0 Å². The van der Waals surface area contributed by atoms with Crippen molar-refractivity contribution in [3.05, 3.63) is 0 Å². The number of rotatable bonds is 5. The molecule has 0 atom stereocenters. The molecule has 0 heterocycles. The Kier molecular flexibility index (Phi) is 5.45. The fourth-order valence-electron chi connectivity index (χ4n) is 2.32. The first-order valence-corrected chi connectivity index (χ1v) is 6.05. The van der Waals surface area contributed by atoms with E-state index in [1.165, 1.54) is 57.9 Å². The van der Waals surface area contributed by atoms with E-state index in [0.717, 1.165) is 6.04 Å². The van der Waals surface area contributed by atoms with Gasteiger partial charge in [0.15, 0.2) is 0 Å². The van der Waals surface area contributed by atoms with Crippen molar-refractivity contribution in [2.45, 2.75) is 64.3 Å². The third-order valence-electron chi connectivity index (χ3n) is 3.31. The van der Waals surface area contributed by atoms with E-state index in [9.17, 15) is 0 Å². The normalized spacial score (nSPS) is 19.6. The van der Waals surface area contributed by atoms with E-state index >= 15 is 0 Å². The third kappa shape index (κ3) is 4.12. The van der Waals surface area contributed by atoms with Crippen molar-refractivity contribution in [1.82, 2.24) is 4.90 Å². The molecule has 0 saturated heterocycles. The zero-order valence-corrected chi connectivity index (χ0v) is 9.39. The highest BCUT2D eigenvalue weighted by Gasteiger charge is 2.16. The molecule has 1 heteroatoms. The molecule has 0 aliphatic heterocycles. The number of hydrogen-bond acceptors (Lipinski definition) is 1. The van der Waals surface area contributed by atoms with Crippen LogP contribution in [0.3, 0.4) is 0 Å². The second-order valence-corrected chi connectivity index (χ2v) is 4.48. The van der Waals surface area contributed by atoms with E-state index in [1.807, 2.05) is 0 Å². The average molecular weight is 183 g/mol. The van der Waals surface area contributed by atoms with Crippen LogP contribution >= 0.6 is 0 Å². The quantitative estimate of drug-likeness (QED) is 0.590. The Morgan fingerprint density at radius 2 is 1.77 bits per heavy atom. The highest BCUT2D eigenvalue weighted by atomic mass is 15.1. The smallest absolute Gasteiger partial charge is 0.00922 e. The maximum absolute atomic E-state index is 2.59. The molecular formula is C12H25N. The number of unbranched alkanes of at least 4 members (excludes halogenated alkanes) is 2. The van der Waals surface area contributed by atoms with Crippen LogP contribution in [0.4, 0.5) is 0 Å². The van der Waals surface area contributed by atoms with E-state index < -0.39 is 0 Å². The lowest BCUT2D eigenvalue weighted by atomic mass is 9.94. The summed E-state index contributed by atoms with van der Waals surface area (Å²) in [5.74, 6) is 0. The van der Waals surface area contributed by atoms with Gasteiger partial charge in [-0.2, -0.15) is 0 Å². The molecule has 0 aromatic heterocycles. The molecule has 1 rings (SSSR count). The summed E-state index contributed by atoms with van der Waals surface area (Å²) in [5.41, 5.74) is 0. The Hall–Kier alpha value is -0.0400. The first kappa shape index (κ1) is 11.0. The van der Waals surface area contributed by atoms with Crippen molar-refractivity contribution in [1.29, 1.82) is 0 Å². The molecular weight excluding hydrogens is 158 g/mol. The predicted molar refractivity (Wildman–Crippen MR) is 59.0 cm³/mol. The molecule has 0 unspecified atom stereocenters. The zero-order chi connectivity index (χ0) is 9.52. The first-order valence-electron chi connectivity index (χ1n) is 6.05. The van der Waals surface area contributed by atoms with Gasteiger partial charge in [0.05, 0.1) is 0 Å². The molecule has 1 aliphatic rings. The van der Waals surface area contributed by atoms with Gasteiger partial charge in [-0.05, 0) is 32.9 Å². The Labute approximate surface area is 83.5 Å². The Bertz CT molecular complexity index is 116. The van der Waals surface area contributed by atoms with Gasteiger partial charge >= 0.3 is 0 Å². The lowest BCUT2D eigenvalue weighted by Gasteiger charge is -2.31. The molecule has 0 spiro atoms. The number of nitrogens with zero attached hydrogens (tertiary/aromatic N) is 1. The van der Waals surface area contributed by atoms with Crippen LogP contribution in [-0.2, 0) is 0 Å². The molecule has 1 saturated carbocycles. The van der Waals surface area contributed by atoms with Gasteiger partial charge in [0, 0.05) is 6.04 Å². The second kappa shape index (κ2) is 6.42.